The molecule has 3 nitrogen and oxygen atoms in total. The Balaban J connectivity index is 0.860. The van der Waals surface area contributed by atoms with E-state index in [0.29, 0.717) is 0 Å². The summed E-state index contributed by atoms with van der Waals surface area (Å²) in [5, 5.41) is 0. The number of hydrogen-bond donors (Lipinski definition) is 0. The normalized spacial score (nSPS) is 13.7. The molecule has 0 saturated carbocycles. The number of fused-ring (bicyclic) bond motifs is 18. The molecule has 13 aromatic carbocycles. The first-order valence-corrected chi connectivity index (χ1v) is 28.6. The minimum atomic E-state index is -0.605. The third-order valence-electron chi connectivity index (χ3n) is 18.0. The molecule has 388 valence electrons. The number of para-hydroxylation sites is 5. The molecule has 0 aromatic heterocycles. The molecule has 2 spiro atoms. The van der Waals surface area contributed by atoms with Crippen LogP contribution in [-0.4, -0.2) is 0 Å². The van der Waals surface area contributed by atoms with Gasteiger partial charge in [-0.25, -0.2) is 0 Å². The molecule has 0 atom stereocenters. The van der Waals surface area contributed by atoms with Gasteiger partial charge in [-0.2, -0.15) is 0 Å². The summed E-state index contributed by atoms with van der Waals surface area (Å²) < 4.78 is 13.5. The van der Waals surface area contributed by atoms with Gasteiger partial charge in [0.2, 0.25) is 0 Å². The van der Waals surface area contributed by atoms with Gasteiger partial charge in [-0.15, -0.1) is 0 Å². The second-order valence-electron chi connectivity index (χ2n) is 22.2. The summed E-state index contributed by atoms with van der Waals surface area (Å²) in [6, 6.07) is 113. The molecule has 0 unspecified atom stereocenters. The molecule has 0 radical (unpaired) electrons. The van der Waals surface area contributed by atoms with Gasteiger partial charge in [-0.1, -0.05) is 243 Å². The van der Waals surface area contributed by atoms with Crippen molar-refractivity contribution >= 4 is 17.1 Å². The van der Waals surface area contributed by atoms with Gasteiger partial charge in [-0.05, 0) is 150 Å². The van der Waals surface area contributed by atoms with Gasteiger partial charge >= 0.3 is 0 Å². The van der Waals surface area contributed by atoms with Crippen molar-refractivity contribution in [3.63, 3.8) is 0 Å². The van der Waals surface area contributed by atoms with Crippen LogP contribution in [0.2, 0.25) is 0 Å². The summed E-state index contributed by atoms with van der Waals surface area (Å²) >= 11 is 0. The van der Waals surface area contributed by atoms with E-state index in [1.165, 1.54) is 66.8 Å². The zero-order valence-corrected chi connectivity index (χ0v) is 45.2. The standard InChI is InChI=1S/C80H51NO2/c1-2-21-52(22-3-1)54-23-18-24-55(49-54)53-43-46-58(47-44-53)81(59-26-19-25-56(50-59)61-30-20-37-71-78(61)64-29-5-8-32-66(64)79(71)67-33-9-14-39-74(67)82-75-40-15-10-34-68(75)79)73-38-13-6-27-60(73)57-45-48-63-62-28-4-7-31-65(62)80(72(63)51-57)69-35-11-16-41-76(69)83-77-42-17-12-36-70(77)80/h1-51H. The Morgan fingerprint density at radius 3 is 1.27 bits per heavy atom. The minimum absolute atomic E-state index is 0.580. The quantitative estimate of drug-likeness (QED) is 0.159. The highest BCUT2D eigenvalue weighted by atomic mass is 16.5. The molecular weight excluding hydrogens is 1010 g/mol. The van der Waals surface area contributed by atoms with E-state index < -0.39 is 10.8 Å². The molecule has 0 N–H and O–H groups in total. The van der Waals surface area contributed by atoms with Gasteiger partial charge in [0, 0.05) is 39.2 Å². The predicted molar refractivity (Wildman–Crippen MR) is 338 cm³/mol. The summed E-state index contributed by atoms with van der Waals surface area (Å²) in [4.78, 5) is 2.46. The fourth-order valence-electron chi connectivity index (χ4n) is 14.6. The molecule has 0 fully saturated rings. The zero-order chi connectivity index (χ0) is 54.6. The first-order valence-electron chi connectivity index (χ1n) is 28.6. The highest BCUT2D eigenvalue weighted by Crippen LogP contribution is 2.65. The van der Waals surface area contributed by atoms with Crippen LogP contribution in [0.3, 0.4) is 0 Å². The fourth-order valence-corrected chi connectivity index (χ4v) is 14.6. The average Bonchev–Trinajstić information content (AvgIpc) is 4.26. The van der Waals surface area contributed by atoms with Crippen molar-refractivity contribution in [3.05, 3.63) is 354 Å². The molecular formula is C80H51NO2. The maximum Gasteiger partial charge on any atom is 0.132 e. The summed E-state index contributed by atoms with van der Waals surface area (Å²) in [7, 11) is 0. The fraction of sp³-hybridized carbons (Fsp3) is 0.0250. The number of benzene rings is 13. The maximum absolute atomic E-state index is 6.75. The van der Waals surface area contributed by atoms with Gasteiger partial charge in [0.15, 0.2) is 0 Å². The van der Waals surface area contributed by atoms with Gasteiger partial charge in [0.05, 0.1) is 16.5 Å². The Morgan fingerprint density at radius 1 is 0.217 bits per heavy atom. The monoisotopic (exact) mass is 1060 g/mol. The van der Waals surface area contributed by atoms with E-state index in [2.05, 4.69) is 314 Å². The third-order valence-corrected chi connectivity index (χ3v) is 18.0. The lowest BCUT2D eigenvalue weighted by atomic mass is 9.66. The lowest BCUT2D eigenvalue weighted by Gasteiger charge is -2.39. The largest absolute Gasteiger partial charge is 0.457 e. The molecule has 3 heteroatoms. The summed E-state index contributed by atoms with van der Waals surface area (Å²) in [5.74, 6) is 3.53. The van der Waals surface area contributed by atoms with Crippen LogP contribution in [0.1, 0.15) is 44.5 Å². The van der Waals surface area contributed by atoms with Crippen LogP contribution in [-0.2, 0) is 10.8 Å². The van der Waals surface area contributed by atoms with Gasteiger partial charge in [0.1, 0.15) is 23.0 Å². The molecule has 2 heterocycles. The van der Waals surface area contributed by atoms with Crippen LogP contribution < -0.4 is 14.4 Å². The van der Waals surface area contributed by atoms with Crippen LogP contribution in [0.25, 0.3) is 66.8 Å². The van der Waals surface area contributed by atoms with Crippen LogP contribution >= 0.6 is 0 Å². The van der Waals surface area contributed by atoms with Crippen molar-refractivity contribution in [2.75, 3.05) is 4.90 Å². The molecule has 4 aliphatic rings. The Bertz CT molecular complexity index is 4670. The van der Waals surface area contributed by atoms with Gasteiger partial charge in [-0.3, -0.25) is 0 Å². The highest BCUT2D eigenvalue weighted by Gasteiger charge is 2.53. The number of nitrogens with zero attached hydrogens (tertiary/aromatic N) is 1. The Hall–Kier alpha value is -10.7. The van der Waals surface area contributed by atoms with Crippen LogP contribution in [0, 0.1) is 0 Å². The zero-order valence-electron chi connectivity index (χ0n) is 45.2. The topological polar surface area (TPSA) is 21.7 Å². The SMILES string of the molecule is c1ccc(-c2cccc(-c3ccc(N(c4cccc(-c5cccc6c5-c5ccccc5C65c6ccccc6Oc6ccccc65)c4)c4ccccc4-c4ccc5c(c4)C4(c6ccccc6Oc6ccccc64)c4ccccc4-5)cc3)c2)cc1. The Morgan fingerprint density at radius 2 is 0.627 bits per heavy atom. The number of hydrogen-bond acceptors (Lipinski definition) is 3. The van der Waals surface area contributed by atoms with Gasteiger partial charge < -0.3 is 14.4 Å². The van der Waals surface area contributed by atoms with E-state index in [4.69, 9.17) is 9.47 Å². The number of ether oxygens (including phenoxy) is 2. The molecule has 0 bridgehead atoms. The number of anilines is 3. The summed E-state index contributed by atoms with van der Waals surface area (Å²) in [6.07, 6.45) is 0. The molecule has 0 amide bonds. The Kier molecular flexibility index (Phi) is 10.4. The second kappa shape index (κ2) is 18.4. The van der Waals surface area contributed by atoms with Crippen molar-refractivity contribution in [2.45, 2.75) is 10.8 Å². The molecule has 83 heavy (non-hydrogen) atoms. The lowest BCUT2D eigenvalue weighted by molar-refractivity contribution is 0.436. The predicted octanol–water partition coefficient (Wildman–Crippen LogP) is 20.8. The third kappa shape index (κ3) is 6.86. The molecule has 2 aliphatic heterocycles. The van der Waals surface area contributed by atoms with E-state index >= 15 is 0 Å². The maximum atomic E-state index is 6.75. The van der Waals surface area contributed by atoms with Crippen molar-refractivity contribution in [2.24, 2.45) is 0 Å². The molecule has 13 aromatic rings. The van der Waals surface area contributed by atoms with Crippen LogP contribution in [0.15, 0.2) is 309 Å². The average molecular weight is 1060 g/mol. The van der Waals surface area contributed by atoms with E-state index in [0.717, 1.165) is 84.6 Å². The van der Waals surface area contributed by atoms with Gasteiger partial charge in [0.25, 0.3) is 0 Å². The first-order chi connectivity index (χ1) is 41.2. The summed E-state index contributed by atoms with van der Waals surface area (Å²) in [5.41, 5.74) is 25.8. The van der Waals surface area contributed by atoms with Crippen molar-refractivity contribution in [3.8, 4) is 89.8 Å². The highest BCUT2D eigenvalue weighted by molar-refractivity contribution is 5.99. The van der Waals surface area contributed by atoms with E-state index in [1.807, 2.05) is 0 Å². The minimum Gasteiger partial charge on any atom is -0.457 e. The van der Waals surface area contributed by atoms with Crippen molar-refractivity contribution in [1.29, 1.82) is 0 Å². The Labute approximate surface area is 483 Å². The second-order valence-corrected chi connectivity index (χ2v) is 22.2. The van der Waals surface area contributed by atoms with E-state index in [-0.39, 0.29) is 0 Å². The van der Waals surface area contributed by atoms with Crippen molar-refractivity contribution < 1.29 is 9.47 Å². The van der Waals surface area contributed by atoms with Crippen LogP contribution in [0.5, 0.6) is 23.0 Å². The van der Waals surface area contributed by atoms with Crippen LogP contribution in [0.4, 0.5) is 17.1 Å². The first kappa shape index (κ1) is 47.1. The molecule has 2 aliphatic carbocycles. The molecule has 0 saturated heterocycles. The number of rotatable bonds is 7. The van der Waals surface area contributed by atoms with E-state index in [1.54, 1.807) is 0 Å². The smallest absolute Gasteiger partial charge is 0.132 e. The lowest BCUT2D eigenvalue weighted by Crippen LogP contribution is -2.32. The summed E-state index contributed by atoms with van der Waals surface area (Å²) in [6.45, 7) is 0. The molecule has 17 rings (SSSR count). The van der Waals surface area contributed by atoms with Crippen molar-refractivity contribution in [1.82, 2.24) is 0 Å². The van der Waals surface area contributed by atoms with E-state index in [9.17, 15) is 0 Å².